The molecule has 0 saturated heterocycles. The Balaban J connectivity index is 1.60. The van der Waals surface area contributed by atoms with Crippen molar-refractivity contribution >= 4 is 44.8 Å². The summed E-state index contributed by atoms with van der Waals surface area (Å²) in [5, 5.41) is 17.0. The molecular weight excluding hydrogens is 422 g/mol. The van der Waals surface area contributed by atoms with Gasteiger partial charge in [0.25, 0.3) is 0 Å². The van der Waals surface area contributed by atoms with E-state index in [1.165, 1.54) is 17.4 Å². The lowest BCUT2D eigenvalue weighted by molar-refractivity contribution is -0.111. The maximum Gasteiger partial charge on any atom is 0.248 e. The number of benzene rings is 2. The molecule has 32 heavy (non-hydrogen) atoms. The molecule has 4 aromatic rings. The zero-order valence-corrected chi connectivity index (χ0v) is 18.0. The third-order valence-electron chi connectivity index (χ3n) is 4.34. The van der Waals surface area contributed by atoms with E-state index in [1.54, 1.807) is 48.5 Å². The van der Waals surface area contributed by atoms with Crippen LogP contribution in [0.4, 0.5) is 17.3 Å². The molecule has 8 heteroatoms. The molecule has 0 atom stereocenters. The van der Waals surface area contributed by atoms with Gasteiger partial charge in [-0.05, 0) is 54.3 Å². The lowest BCUT2D eigenvalue weighted by atomic mass is 10.2. The van der Waals surface area contributed by atoms with Gasteiger partial charge in [-0.15, -0.1) is 11.3 Å². The van der Waals surface area contributed by atoms with Crippen LogP contribution in [-0.2, 0) is 4.79 Å². The van der Waals surface area contributed by atoms with E-state index in [-0.39, 0.29) is 5.91 Å². The first kappa shape index (κ1) is 21.0. The van der Waals surface area contributed by atoms with Crippen molar-refractivity contribution in [3.8, 4) is 17.7 Å². The van der Waals surface area contributed by atoms with Crippen LogP contribution in [0.2, 0.25) is 0 Å². The number of allylic oxidation sites excluding steroid dienone is 1. The quantitative estimate of drug-likeness (QED) is 0.341. The van der Waals surface area contributed by atoms with Gasteiger partial charge in [0.15, 0.2) is 0 Å². The van der Waals surface area contributed by atoms with E-state index < -0.39 is 0 Å². The zero-order chi connectivity index (χ0) is 22.3. The molecule has 0 aliphatic heterocycles. The SMILES string of the molecule is CC/C=C/C(=O)Nc1cccc(Oc2nc(Nc3cccc(C#N)c3)nc3ccsc23)c1. The maximum atomic E-state index is 12.0. The third kappa shape index (κ3) is 5.09. The second kappa shape index (κ2) is 9.73. The summed E-state index contributed by atoms with van der Waals surface area (Å²) in [6.07, 6.45) is 4.09. The van der Waals surface area contributed by atoms with Crippen LogP contribution in [0.1, 0.15) is 18.9 Å². The molecule has 2 heterocycles. The number of thiophene rings is 1. The van der Waals surface area contributed by atoms with Gasteiger partial charge in [0, 0.05) is 17.4 Å². The van der Waals surface area contributed by atoms with Gasteiger partial charge < -0.3 is 15.4 Å². The molecule has 158 valence electrons. The molecule has 2 aromatic heterocycles. The Morgan fingerprint density at radius 3 is 2.84 bits per heavy atom. The Labute approximate surface area is 189 Å². The molecule has 0 unspecified atom stereocenters. The third-order valence-corrected chi connectivity index (χ3v) is 5.23. The highest BCUT2D eigenvalue weighted by atomic mass is 32.1. The van der Waals surface area contributed by atoms with Crippen LogP contribution < -0.4 is 15.4 Å². The lowest BCUT2D eigenvalue weighted by Crippen LogP contribution is -2.07. The standard InChI is InChI=1S/C24H19N5O2S/c1-2-3-10-21(30)26-18-8-5-9-19(14-18)31-23-22-20(11-12-32-22)28-24(29-23)27-17-7-4-6-16(13-17)15-25/h3-14H,2H2,1H3,(H,26,30)(H,27,28,29)/b10-3+. The summed E-state index contributed by atoms with van der Waals surface area (Å²) in [5.74, 6) is 1.10. The number of carbonyl (C=O) groups excluding carboxylic acids is 1. The number of anilines is 3. The monoisotopic (exact) mass is 441 g/mol. The van der Waals surface area contributed by atoms with Gasteiger partial charge in [0.2, 0.25) is 17.7 Å². The number of aromatic nitrogens is 2. The van der Waals surface area contributed by atoms with Gasteiger partial charge in [0.1, 0.15) is 10.4 Å². The van der Waals surface area contributed by atoms with Gasteiger partial charge in [-0.3, -0.25) is 4.79 Å². The molecular formula is C24H19N5O2S. The minimum Gasteiger partial charge on any atom is -0.437 e. The number of nitriles is 1. The summed E-state index contributed by atoms with van der Waals surface area (Å²) in [5.41, 5.74) is 2.61. The average molecular weight is 442 g/mol. The predicted molar refractivity (Wildman–Crippen MR) is 126 cm³/mol. The van der Waals surface area contributed by atoms with Crippen molar-refractivity contribution in [3.63, 3.8) is 0 Å². The molecule has 7 nitrogen and oxygen atoms in total. The molecule has 0 aliphatic rings. The number of amides is 1. The van der Waals surface area contributed by atoms with E-state index in [9.17, 15) is 4.79 Å². The lowest BCUT2D eigenvalue weighted by Gasteiger charge is -2.10. The van der Waals surface area contributed by atoms with Crippen LogP contribution in [0.15, 0.2) is 72.1 Å². The van der Waals surface area contributed by atoms with E-state index in [1.807, 2.05) is 24.4 Å². The molecule has 0 saturated carbocycles. The number of nitrogens with one attached hydrogen (secondary N) is 2. The van der Waals surface area contributed by atoms with Gasteiger partial charge >= 0.3 is 0 Å². The first-order valence-corrected chi connectivity index (χ1v) is 10.8. The van der Waals surface area contributed by atoms with E-state index >= 15 is 0 Å². The van der Waals surface area contributed by atoms with E-state index in [0.29, 0.717) is 34.5 Å². The van der Waals surface area contributed by atoms with E-state index in [0.717, 1.165) is 16.6 Å². The Morgan fingerprint density at radius 2 is 2.00 bits per heavy atom. The summed E-state index contributed by atoms with van der Waals surface area (Å²) in [4.78, 5) is 21.0. The second-order valence-corrected chi connectivity index (χ2v) is 7.65. The normalized spacial score (nSPS) is 10.8. The van der Waals surface area contributed by atoms with Gasteiger partial charge in [0.05, 0.1) is 17.1 Å². The first-order valence-electron chi connectivity index (χ1n) is 9.92. The van der Waals surface area contributed by atoms with E-state index in [4.69, 9.17) is 10.00 Å². The van der Waals surface area contributed by atoms with Crippen molar-refractivity contribution in [1.29, 1.82) is 5.26 Å². The highest BCUT2D eigenvalue weighted by molar-refractivity contribution is 7.17. The summed E-state index contributed by atoms with van der Waals surface area (Å²) in [6.45, 7) is 1.97. The fourth-order valence-corrected chi connectivity index (χ4v) is 3.67. The van der Waals surface area contributed by atoms with Crippen LogP contribution in [-0.4, -0.2) is 15.9 Å². The van der Waals surface area contributed by atoms with Crippen molar-refractivity contribution in [2.24, 2.45) is 0 Å². The fourth-order valence-electron chi connectivity index (χ4n) is 2.92. The van der Waals surface area contributed by atoms with Crippen molar-refractivity contribution in [2.45, 2.75) is 13.3 Å². The maximum absolute atomic E-state index is 12.0. The molecule has 4 rings (SSSR count). The minimum absolute atomic E-state index is 0.197. The minimum atomic E-state index is -0.197. The summed E-state index contributed by atoms with van der Waals surface area (Å²) < 4.78 is 6.88. The molecule has 0 bridgehead atoms. The van der Waals surface area contributed by atoms with Crippen LogP contribution in [0.25, 0.3) is 10.2 Å². The van der Waals surface area contributed by atoms with Crippen molar-refractivity contribution in [2.75, 3.05) is 10.6 Å². The molecule has 0 radical (unpaired) electrons. The number of carbonyl (C=O) groups is 1. The van der Waals surface area contributed by atoms with Crippen LogP contribution in [0.3, 0.4) is 0 Å². The topological polar surface area (TPSA) is 99.9 Å². The Morgan fingerprint density at radius 1 is 1.16 bits per heavy atom. The number of ether oxygens (including phenoxy) is 1. The Bertz CT molecular complexity index is 1340. The first-order chi connectivity index (χ1) is 15.6. The second-order valence-electron chi connectivity index (χ2n) is 6.73. The molecule has 2 N–H and O–H groups in total. The average Bonchev–Trinajstić information content (AvgIpc) is 3.27. The molecule has 0 spiro atoms. The number of nitrogens with zero attached hydrogens (tertiary/aromatic N) is 3. The molecule has 0 aliphatic carbocycles. The molecule has 1 amide bonds. The fraction of sp³-hybridized carbons (Fsp3) is 0.0833. The number of hydrogen-bond donors (Lipinski definition) is 2. The molecule has 0 fully saturated rings. The summed E-state index contributed by atoms with van der Waals surface area (Å²) >= 11 is 1.48. The predicted octanol–water partition coefficient (Wildman–Crippen LogP) is 6.00. The van der Waals surface area contributed by atoms with Crippen LogP contribution >= 0.6 is 11.3 Å². The van der Waals surface area contributed by atoms with Crippen molar-refractivity contribution in [3.05, 3.63) is 77.7 Å². The van der Waals surface area contributed by atoms with Gasteiger partial charge in [-0.25, -0.2) is 4.98 Å². The summed E-state index contributed by atoms with van der Waals surface area (Å²) in [7, 11) is 0. The Hall–Kier alpha value is -4.22. The zero-order valence-electron chi connectivity index (χ0n) is 17.2. The van der Waals surface area contributed by atoms with Crippen molar-refractivity contribution < 1.29 is 9.53 Å². The number of hydrogen-bond acceptors (Lipinski definition) is 7. The van der Waals surface area contributed by atoms with Crippen LogP contribution in [0.5, 0.6) is 11.6 Å². The number of rotatable bonds is 7. The largest absolute Gasteiger partial charge is 0.437 e. The summed E-state index contributed by atoms with van der Waals surface area (Å²) in [6, 6.07) is 18.2. The highest BCUT2D eigenvalue weighted by Crippen LogP contribution is 2.33. The van der Waals surface area contributed by atoms with Gasteiger partial charge in [-0.2, -0.15) is 10.2 Å². The van der Waals surface area contributed by atoms with Gasteiger partial charge in [-0.1, -0.05) is 25.1 Å². The number of fused-ring (bicyclic) bond motifs is 1. The van der Waals surface area contributed by atoms with Crippen LogP contribution in [0, 0.1) is 11.3 Å². The van der Waals surface area contributed by atoms with E-state index in [2.05, 4.69) is 26.7 Å². The molecule has 2 aromatic carbocycles. The smallest absolute Gasteiger partial charge is 0.248 e. The highest BCUT2D eigenvalue weighted by Gasteiger charge is 2.12. The van der Waals surface area contributed by atoms with Crippen molar-refractivity contribution in [1.82, 2.24) is 9.97 Å². The Kier molecular flexibility index (Phi) is 6.39.